The summed E-state index contributed by atoms with van der Waals surface area (Å²) in [5.41, 5.74) is 7.11. The topological polar surface area (TPSA) is 86.5 Å². The third-order valence-electron chi connectivity index (χ3n) is 9.83. The molecule has 246 valence electrons. The first kappa shape index (κ1) is 29.7. The summed E-state index contributed by atoms with van der Waals surface area (Å²) in [5.74, 6) is -0.172. The number of rotatable bonds is 5. The Hall–Kier alpha value is -7.18. The minimum absolute atomic E-state index is 0.0739. The maximum atomic E-state index is 8.62. The number of nitrogens with zero attached hydrogens (tertiary/aromatic N) is 1. The van der Waals surface area contributed by atoms with Crippen molar-refractivity contribution < 1.29 is 13.6 Å². The van der Waals surface area contributed by atoms with Crippen LogP contribution in [0.4, 0.5) is 17.1 Å². The fourth-order valence-electron chi connectivity index (χ4n) is 7.37. The van der Waals surface area contributed by atoms with Crippen molar-refractivity contribution >= 4 is 94.3 Å². The van der Waals surface area contributed by atoms with E-state index >= 15 is 0 Å². The van der Waals surface area contributed by atoms with Crippen molar-refractivity contribution in [3.8, 4) is 0 Å². The Balaban J connectivity index is 1.10. The molecule has 0 saturated carbocycles. The van der Waals surface area contributed by atoms with Crippen LogP contribution < -0.4 is 4.90 Å². The second kappa shape index (κ2) is 11.7. The summed E-state index contributed by atoms with van der Waals surface area (Å²) in [5, 5.41) is 25.9. The van der Waals surface area contributed by atoms with E-state index in [1.54, 1.807) is 12.1 Å². The molecule has 0 aliphatic heterocycles. The first-order valence-corrected chi connectivity index (χ1v) is 17.1. The molecule has 0 aliphatic rings. The standard InChI is InChI=1S/C46H29N3O3/c47-45(30-10-2-1-3-11-30)52-46(48)31-14-18-32(19-15-31)49(33-20-22-37-41(26-33)50-39-24-16-28-8-4-6-12-35(28)43(37)39)34-21-23-38-42(27-34)51-40-25-17-29-9-5-7-13-36(29)44(38)40/h1-27,47-48H. The molecule has 8 aromatic carbocycles. The Morgan fingerprint density at radius 3 is 1.40 bits per heavy atom. The predicted molar refractivity (Wildman–Crippen MR) is 212 cm³/mol. The number of nitrogens with one attached hydrogen (secondary N) is 2. The van der Waals surface area contributed by atoms with E-state index in [9.17, 15) is 0 Å². The highest BCUT2D eigenvalue weighted by atomic mass is 16.5. The number of ether oxygens (including phenoxy) is 1. The molecule has 52 heavy (non-hydrogen) atoms. The van der Waals surface area contributed by atoms with Crippen molar-refractivity contribution in [1.82, 2.24) is 0 Å². The fourth-order valence-corrected chi connectivity index (χ4v) is 7.37. The molecule has 2 N–H and O–H groups in total. The van der Waals surface area contributed by atoms with Gasteiger partial charge in [-0.15, -0.1) is 0 Å². The third-order valence-corrected chi connectivity index (χ3v) is 9.83. The molecule has 2 heterocycles. The summed E-state index contributed by atoms with van der Waals surface area (Å²) in [4.78, 5) is 2.16. The van der Waals surface area contributed by atoms with E-state index in [2.05, 4.69) is 102 Å². The summed E-state index contributed by atoms with van der Waals surface area (Å²) in [6, 6.07) is 54.5. The molecule has 0 radical (unpaired) electrons. The van der Waals surface area contributed by atoms with E-state index in [1.165, 1.54) is 10.8 Å². The molecule has 0 unspecified atom stereocenters. The van der Waals surface area contributed by atoms with Gasteiger partial charge in [0, 0.05) is 61.9 Å². The Morgan fingerprint density at radius 1 is 0.404 bits per heavy atom. The Labute approximate surface area is 297 Å². The van der Waals surface area contributed by atoms with E-state index in [0.717, 1.165) is 71.7 Å². The molecule has 6 heteroatoms. The largest absolute Gasteiger partial charge is 0.456 e. The van der Waals surface area contributed by atoms with Gasteiger partial charge in [0.25, 0.3) is 0 Å². The molecule has 10 rings (SSSR count). The molecule has 0 atom stereocenters. The van der Waals surface area contributed by atoms with Gasteiger partial charge in [0.15, 0.2) is 0 Å². The SMILES string of the molecule is N=C(OC(=N)c1ccc(N(c2ccc3c(c2)oc2ccc4ccccc4c23)c2ccc3c(c2)oc2ccc4ccccc4c23)cc1)c1ccccc1. The monoisotopic (exact) mass is 671 g/mol. The van der Waals surface area contributed by atoms with Gasteiger partial charge in [-0.05, 0) is 94.3 Å². The summed E-state index contributed by atoms with van der Waals surface area (Å²) >= 11 is 0. The third kappa shape index (κ3) is 4.81. The van der Waals surface area contributed by atoms with E-state index < -0.39 is 0 Å². The Bertz CT molecular complexity index is 2880. The first-order valence-electron chi connectivity index (χ1n) is 17.1. The molecule has 0 fully saturated rings. The zero-order valence-electron chi connectivity index (χ0n) is 27.8. The van der Waals surface area contributed by atoms with Crippen LogP contribution >= 0.6 is 0 Å². The summed E-state index contributed by atoms with van der Waals surface area (Å²) < 4.78 is 18.6. The van der Waals surface area contributed by atoms with Gasteiger partial charge in [-0.1, -0.05) is 78.9 Å². The fraction of sp³-hybridized carbons (Fsp3) is 0. The lowest BCUT2D eigenvalue weighted by Crippen LogP contribution is -2.13. The summed E-state index contributed by atoms with van der Waals surface area (Å²) in [6.45, 7) is 0. The minimum atomic E-state index is -0.0983. The maximum absolute atomic E-state index is 8.62. The van der Waals surface area contributed by atoms with Crippen molar-refractivity contribution in [2.24, 2.45) is 0 Å². The average molecular weight is 672 g/mol. The zero-order chi connectivity index (χ0) is 34.8. The van der Waals surface area contributed by atoms with Crippen molar-refractivity contribution in [3.05, 3.63) is 175 Å². The van der Waals surface area contributed by atoms with Crippen molar-refractivity contribution in [2.45, 2.75) is 0 Å². The normalized spacial score (nSPS) is 11.6. The number of anilines is 3. The van der Waals surface area contributed by atoms with Crippen LogP contribution in [-0.2, 0) is 4.74 Å². The van der Waals surface area contributed by atoms with Crippen LogP contribution in [0.1, 0.15) is 11.1 Å². The number of furan rings is 2. The van der Waals surface area contributed by atoms with Crippen LogP contribution in [-0.4, -0.2) is 11.8 Å². The average Bonchev–Trinajstić information content (AvgIpc) is 3.77. The molecular weight excluding hydrogens is 643 g/mol. The second-order valence-electron chi connectivity index (χ2n) is 12.9. The van der Waals surface area contributed by atoms with Crippen molar-refractivity contribution in [3.63, 3.8) is 0 Å². The first-order chi connectivity index (χ1) is 25.6. The van der Waals surface area contributed by atoms with Crippen molar-refractivity contribution in [1.29, 1.82) is 10.8 Å². The number of benzene rings is 8. The van der Waals surface area contributed by atoms with E-state index in [4.69, 9.17) is 24.4 Å². The molecule has 0 bridgehead atoms. The summed E-state index contributed by atoms with van der Waals surface area (Å²) in [6.07, 6.45) is 0. The van der Waals surface area contributed by atoms with Gasteiger partial charge in [-0.25, -0.2) is 0 Å². The van der Waals surface area contributed by atoms with Crippen LogP contribution in [0.5, 0.6) is 0 Å². The van der Waals surface area contributed by atoms with Gasteiger partial charge in [0.2, 0.25) is 11.8 Å². The number of hydrogen-bond donors (Lipinski definition) is 2. The lowest BCUT2D eigenvalue weighted by atomic mass is 10.0. The molecule has 0 aliphatic carbocycles. The van der Waals surface area contributed by atoms with E-state index in [-0.39, 0.29) is 11.8 Å². The van der Waals surface area contributed by atoms with Crippen LogP contribution in [0.2, 0.25) is 0 Å². The quantitative estimate of drug-likeness (QED) is 0.141. The van der Waals surface area contributed by atoms with E-state index in [0.29, 0.717) is 11.1 Å². The second-order valence-corrected chi connectivity index (χ2v) is 12.9. The number of hydrogen-bond acceptors (Lipinski definition) is 6. The van der Waals surface area contributed by atoms with Crippen LogP contribution in [0.25, 0.3) is 65.4 Å². The maximum Gasteiger partial charge on any atom is 0.221 e. The molecule has 0 amide bonds. The number of fused-ring (bicyclic) bond motifs is 10. The van der Waals surface area contributed by atoms with E-state index in [1.807, 2.05) is 54.6 Å². The molecular formula is C46H29N3O3. The highest BCUT2D eigenvalue weighted by Gasteiger charge is 2.20. The highest BCUT2D eigenvalue weighted by molar-refractivity contribution is 6.20. The molecule has 10 aromatic rings. The molecule has 0 saturated heterocycles. The molecule has 6 nitrogen and oxygen atoms in total. The van der Waals surface area contributed by atoms with Gasteiger partial charge in [-0.3, -0.25) is 10.8 Å². The van der Waals surface area contributed by atoms with Crippen LogP contribution in [0, 0.1) is 10.8 Å². The van der Waals surface area contributed by atoms with Gasteiger partial charge in [0.05, 0.1) is 0 Å². The van der Waals surface area contributed by atoms with Gasteiger partial charge in [-0.2, -0.15) is 0 Å². The summed E-state index contributed by atoms with van der Waals surface area (Å²) in [7, 11) is 0. The highest BCUT2D eigenvalue weighted by Crippen LogP contribution is 2.43. The van der Waals surface area contributed by atoms with Gasteiger partial charge >= 0.3 is 0 Å². The Kier molecular flexibility index (Phi) is 6.69. The molecule has 2 aromatic heterocycles. The zero-order valence-corrected chi connectivity index (χ0v) is 27.8. The Morgan fingerprint density at radius 2 is 0.865 bits per heavy atom. The lowest BCUT2D eigenvalue weighted by molar-refractivity contribution is 0.538. The predicted octanol–water partition coefficient (Wildman–Crippen LogP) is 12.6. The van der Waals surface area contributed by atoms with Gasteiger partial charge in [0.1, 0.15) is 22.3 Å². The van der Waals surface area contributed by atoms with Crippen LogP contribution in [0.15, 0.2) is 173 Å². The minimum Gasteiger partial charge on any atom is -0.456 e. The lowest BCUT2D eigenvalue weighted by Gasteiger charge is -2.25. The van der Waals surface area contributed by atoms with Crippen LogP contribution in [0.3, 0.4) is 0 Å². The van der Waals surface area contributed by atoms with Crippen molar-refractivity contribution in [2.75, 3.05) is 4.90 Å². The van der Waals surface area contributed by atoms with Gasteiger partial charge < -0.3 is 18.5 Å². The smallest absolute Gasteiger partial charge is 0.221 e. The molecule has 0 spiro atoms.